The molecule has 5 heteroatoms. The van der Waals surface area contributed by atoms with Crippen molar-refractivity contribution in [1.82, 2.24) is 10.2 Å². The highest BCUT2D eigenvalue weighted by molar-refractivity contribution is 5.81. The van der Waals surface area contributed by atoms with E-state index in [1.165, 1.54) is 25.7 Å². The molecule has 1 aromatic carbocycles. The topological polar surface area (TPSA) is 50.8 Å². The molecule has 1 saturated heterocycles. The Morgan fingerprint density at radius 1 is 1.13 bits per heavy atom. The van der Waals surface area contributed by atoms with Crippen LogP contribution in [0.25, 0.3) is 0 Å². The predicted octanol–water partition coefficient (Wildman–Crippen LogP) is 2.58. The molecule has 0 aliphatic carbocycles. The SMILES string of the molecule is COc1ccc(CNC(=O)[C@H](C)N2CCCCCC2)cc1OC. The second kappa shape index (κ2) is 8.77. The third kappa shape index (κ3) is 4.86. The van der Waals surface area contributed by atoms with Crippen LogP contribution in [0.15, 0.2) is 18.2 Å². The second-order valence-electron chi connectivity index (χ2n) is 6.03. The first-order chi connectivity index (χ1) is 11.2. The van der Waals surface area contributed by atoms with Crippen molar-refractivity contribution in [2.75, 3.05) is 27.3 Å². The fourth-order valence-corrected chi connectivity index (χ4v) is 2.98. The average molecular weight is 320 g/mol. The van der Waals surface area contributed by atoms with Gasteiger partial charge in [0.05, 0.1) is 20.3 Å². The van der Waals surface area contributed by atoms with E-state index in [1.807, 2.05) is 25.1 Å². The molecule has 1 atom stereocenters. The van der Waals surface area contributed by atoms with Gasteiger partial charge in [-0.05, 0) is 50.6 Å². The van der Waals surface area contributed by atoms with Crippen molar-refractivity contribution in [3.8, 4) is 11.5 Å². The van der Waals surface area contributed by atoms with Crippen LogP contribution in [-0.4, -0.2) is 44.2 Å². The number of carbonyl (C=O) groups is 1. The fraction of sp³-hybridized carbons (Fsp3) is 0.611. The zero-order chi connectivity index (χ0) is 16.7. The Morgan fingerprint density at radius 3 is 2.39 bits per heavy atom. The summed E-state index contributed by atoms with van der Waals surface area (Å²) < 4.78 is 10.5. The summed E-state index contributed by atoms with van der Waals surface area (Å²) in [6.07, 6.45) is 4.92. The summed E-state index contributed by atoms with van der Waals surface area (Å²) in [6, 6.07) is 5.63. The zero-order valence-corrected chi connectivity index (χ0v) is 14.4. The molecule has 1 amide bonds. The van der Waals surface area contributed by atoms with Crippen molar-refractivity contribution in [3.63, 3.8) is 0 Å². The maximum absolute atomic E-state index is 12.4. The van der Waals surface area contributed by atoms with Crippen molar-refractivity contribution >= 4 is 5.91 Å². The Morgan fingerprint density at radius 2 is 1.78 bits per heavy atom. The minimum Gasteiger partial charge on any atom is -0.493 e. The monoisotopic (exact) mass is 320 g/mol. The van der Waals surface area contributed by atoms with Crippen molar-refractivity contribution in [1.29, 1.82) is 0 Å². The molecule has 23 heavy (non-hydrogen) atoms. The van der Waals surface area contributed by atoms with E-state index in [0.717, 1.165) is 18.7 Å². The van der Waals surface area contributed by atoms with Gasteiger partial charge in [-0.15, -0.1) is 0 Å². The summed E-state index contributed by atoms with van der Waals surface area (Å²) in [6.45, 7) is 4.53. The molecule has 0 unspecified atom stereocenters. The molecule has 1 fully saturated rings. The molecule has 5 nitrogen and oxygen atoms in total. The molecule has 0 saturated carbocycles. The molecule has 0 bridgehead atoms. The van der Waals surface area contributed by atoms with Gasteiger partial charge in [-0.1, -0.05) is 18.9 Å². The second-order valence-corrected chi connectivity index (χ2v) is 6.03. The Bertz CT molecular complexity index is 511. The van der Waals surface area contributed by atoms with Crippen molar-refractivity contribution < 1.29 is 14.3 Å². The van der Waals surface area contributed by atoms with Gasteiger partial charge >= 0.3 is 0 Å². The Hall–Kier alpha value is -1.75. The van der Waals surface area contributed by atoms with Crippen LogP contribution in [-0.2, 0) is 11.3 Å². The van der Waals surface area contributed by atoms with Crippen LogP contribution >= 0.6 is 0 Å². The lowest BCUT2D eigenvalue weighted by molar-refractivity contribution is -0.126. The molecule has 1 aromatic rings. The molecular formula is C18H28N2O3. The fourth-order valence-electron chi connectivity index (χ4n) is 2.98. The Balaban J connectivity index is 1.90. The van der Waals surface area contributed by atoms with E-state index in [1.54, 1.807) is 14.2 Å². The number of likely N-dealkylation sites (tertiary alicyclic amines) is 1. The minimum atomic E-state index is -0.0757. The summed E-state index contributed by atoms with van der Waals surface area (Å²) in [7, 11) is 3.23. The number of rotatable bonds is 6. The van der Waals surface area contributed by atoms with Gasteiger partial charge in [0, 0.05) is 6.54 Å². The standard InChI is InChI=1S/C18H28N2O3/c1-14(20-10-6-4-5-7-11-20)18(21)19-13-15-8-9-16(22-2)17(12-15)23-3/h8-9,12,14H,4-7,10-11,13H2,1-3H3,(H,19,21)/t14-/m0/s1. The lowest BCUT2D eigenvalue weighted by Gasteiger charge is -2.26. The number of nitrogens with zero attached hydrogens (tertiary/aromatic N) is 1. The number of hydrogen-bond donors (Lipinski definition) is 1. The molecule has 128 valence electrons. The van der Waals surface area contributed by atoms with Crippen LogP contribution in [0.5, 0.6) is 11.5 Å². The number of nitrogens with one attached hydrogen (secondary N) is 1. The maximum atomic E-state index is 12.4. The number of amides is 1. The highest BCUT2D eigenvalue weighted by Gasteiger charge is 2.21. The third-order valence-corrected chi connectivity index (χ3v) is 4.48. The van der Waals surface area contributed by atoms with Gasteiger partial charge in [-0.25, -0.2) is 0 Å². The summed E-state index contributed by atoms with van der Waals surface area (Å²) in [4.78, 5) is 14.7. The average Bonchev–Trinajstić information content (AvgIpc) is 2.87. The van der Waals surface area contributed by atoms with Gasteiger partial charge in [0.2, 0.25) is 5.91 Å². The highest BCUT2D eigenvalue weighted by Crippen LogP contribution is 2.27. The van der Waals surface area contributed by atoms with E-state index in [0.29, 0.717) is 18.0 Å². The van der Waals surface area contributed by atoms with E-state index in [9.17, 15) is 4.79 Å². The summed E-state index contributed by atoms with van der Waals surface area (Å²) >= 11 is 0. The zero-order valence-electron chi connectivity index (χ0n) is 14.4. The van der Waals surface area contributed by atoms with Gasteiger partial charge in [-0.3, -0.25) is 9.69 Å². The van der Waals surface area contributed by atoms with Crippen LogP contribution < -0.4 is 14.8 Å². The van der Waals surface area contributed by atoms with E-state index >= 15 is 0 Å². The molecule has 0 radical (unpaired) electrons. The number of ether oxygens (including phenoxy) is 2. The van der Waals surface area contributed by atoms with Crippen LogP contribution in [0.1, 0.15) is 38.2 Å². The van der Waals surface area contributed by atoms with Gasteiger partial charge < -0.3 is 14.8 Å². The van der Waals surface area contributed by atoms with Crippen LogP contribution in [0.3, 0.4) is 0 Å². The van der Waals surface area contributed by atoms with E-state index in [4.69, 9.17) is 9.47 Å². The Labute approximate surface area is 139 Å². The molecule has 0 spiro atoms. The molecule has 1 N–H and O–H groups in total. The van der Waals surface area contributed by atoms with Crippen LogP contribution in [0, 0.1) is 0 Å². The first-order valence-electron chi connectivity index (χ1n) is 8.38. The first kappa shape index (κ1) is 17.6. The van der Waals surface area contributed by atoms with Crippen molar-refractivity contribution in [2.45, 2.75) is 45.2 Å². The van der Waals surface area contributed by atoms with E-state index < -0.39 is 0 Å². The van der Waals surface area contributed by atoms with Gasteiger partial charge in [-0.2, -0.15) is 0 Å². The summed E-state index contributed by atoms with van der Waals surface area (Å²) in [5.74, 6) is 1.46. The van der Waals surface area contributed by atoms with E-state index in [-0.39, 0.29) is 11.9 Å². The smallest absolute Gasteiger partial charge is 0.237 e. The minimum absolute atomic E-state index is 0.0757. The maximum Gasteiger partial charge on any atom is 0.237 e. The molecular weight excluding hydrogens is 292 g/mol. The first-order valence-corrected chi connectivity index (χ1v) is 8.38. The number of methoxy groups -OCH3 is 2. The molecule has 2 rings (SSSR count). The van der Waals surface area contributed by atoms with Crippen LogP contribution in [0.4, 0.5) is 0 Å². The summed E-state index contributed by atoms with van der Waals surface area (Å²) in [5, 5.41) is 3.03. The number of hydrogen-bond acceptors (Lipinski definition) is 4. The Kier molecular flexibility index (Phi) is 6.71. The van der Waals surface area contributed by atoms with Gasteiger partial charge in [0.25, 0.3) is 0 Å². The lowest BCUT2D eigenvalue weighted by Crippen LogP contribution is -2.45. The van der Waals surface area contributed by atoms with Crippen molar-refractivity contribution in [3.05, 3.63) is 23.8 Å². The normalized spacial score (nSPS) is 17.2. The van der Waals surface area contributed by atoms with E-state index in [2.05, 4.69) is 10.2 Å². The molecule has 1 aliphatic heterocycles. The van der Waals surface area contributed by atoms with Gasteiger partial charge in [0.1, 0.15) is 0 Å². The van der Waals surface area contributed by atoms with Crippen LogP contribution in [0.2, 0.25) is 0 Å². The summed E-state index contributed by atoms with van der Waals surface area (Å²) in [5.41, 5.74) is 0.999. The molecule has 1 aliphatic rings. The van der Waals surface area contributed by atoms with Gasteiger partial charge in [0.15, 0.2) is 11.5 Å². The quantitative estimate of drug-likeness (QED) is 0.875. The lowest BCUT2D eigenvalue weighted by atomic mass is 10.2. The number of carbonyl (C=O) groups excluding carboxylic acids is 1. The predicted molar refractivity (Wildman–Crippen MR) is 90.9 cm³/mol. The largest absolute Gasteiger partial charge is 0.493 e. The molecule has 0 aromatic heterocycles. The third-order valence-electron chi connectivity index (χ3n) is 4.48. The van der Waals surface area contributed by atoms with Crippen molar-refractivity contribution in [2.24, 2.45) is 0 Å². The number of benzene rings is 1. The highest BCUT2D eigenvalue weighted by atomic mass is 16.5. The molecule has 1 heterocycles.